The van der Waals surface area contributed by atoms with Crippen LogP contribution in [0.4, 0.5) is 0 Å². The van der Waals surface area contributed by atoms with Gasteiger partial charge in [0.15, 0.2) is 0 Å². The third-order valence-electron chi connectivity index (χ3n) is 4.84. The van der Waals surface area contributed by atoms with Gasteiger partial charge in [0.2, 0.25) is 0 Å². The number of aliphatic hydroxyl groups excluding tert-OH is 1. The fourth-order valence-electron chi connectivity index (χ4n) is 3.44. The number of hydrogen-bond donors (Lipinski definition) is 1. The number of aliphatic hydroxyl groups is 1. The van der Waals surface area contributed by atoms with Gasteiger partial charge >= 0.3 is 0 Å². The van der Waals surface area contributed by atoms with E-state index < -0.39 is 6.10 Å². The van der Waals surface area contributed by atoms with Gasteiger partial charge < -0.3 is 9.52 Å². The van der Waals surface area contributed by atoms with E-state index in [1.165, 1.54) is 24.8 Å². The first kappa shape index (κ1) is 16.2. The molecule has 0 bridgehead atoms. The Morgan fingerprint density at radius 3 is 3.00 bits per heavy atom. The summed E-state index contributed by atoms with van der Waals surface area (Å²) in [4.78, 5) is 7.04. The van der Waals surface area contributed by atoms with E-state index in [9.17, 15) is 5.11 Å². The van der Waals surface area contributed by atoms with Crippen LogP contribution in [0.15, 0.2) is 41.1 Å². The van der Waals surface area contributed by atoms with Crippen molar-refractivity contribution in [2.75, 3.05) is 6.54 Å². The van der Waals surface area contributed by atoms with E-state index in [0.717, 1.165) is 31.6 Å². The maximum absolute atomic E-state index is 10.5. The van der Waals surface area contributed by atoms with Crippen LogP contribution in [0.3, 0.4) is 0 Å². The average Bonchev–Trinajstić information content (AvgIpc) is 3.01. The van der Waals surface area contributed by atoms with Crippen LogP contribution in [0.2, 0.25) is 0 Å². The van der Waals surface area contributed by atoms with Crippen LogP contribution in [0.25, 0.3) is 0 Å². The fraction of sp³-hybridized carbons (Fsp3) is 0.526. The molecule has 1 aliphatic heterocycles. The van der Waals surface area contributed by atoms with E-state index in [1.807, 2.05) is 24.4 Å². The third kappa shape index (κ3) is 4.21. The van der Waals surface area contributed by atoms with Crippen molar-refractivity contribution in [3.8, 4) is 0 Å². The van der Waals surface area contributed by atoms with Crippen LogP contribution in [0.1, 0.15) is 55.2 Å². The molecule has 2 aromatic rings. The molecule has 0 radical (unpaired) electrons. The standard InChI is InChI=1S/C19H26N2O2/c1-15-7-5-10-20-17(15)14-21-11-4-2-3-8-16(21)13-18(22)19-9-6-12-23-19/h5-7,9-10,12,16,18,22H,2-4,8,11,13-14H2,1H3. The van der Waals surface area contributed by atoms with Crippen molar-refractivity contribution >= 4 is 0 Å². The zero-order valence-corrected chi connectivity index (χ0v) is 13.8. The highest BCUT2D eigenvalue weighted by Gasteiger charge is 2.25. The predicted molar refractivity (Wildman–Crippen MR) is 89.9 cm³/mol. The molecule has 2 aromatic heterocycles. The Hall–Kier alpha value is -1.65. The molecule has 2 atom stereocenters. The lowest BCUT2D eigenvalue weighted by atomic mass is 10.0. The summed E-state index contributed by atoms with van der Waals surface area (Å²) in [5.41, 5.74) is 2.38. The van der Waals surface area contributed by atoms with Crippen molar-refractivity contribution in [3.05, 3.63) is 53.7 Å². The van der Waals surface area contributed by atoms with Gasteiger partial charge in [0.05, 0.1) is 12.0 Å². The molecule has 0 aliphatic carbocycles. The van der Waals surface area contributed by atoms with Crippen molar-refractivity contribution in [2.45, 2.75) is 57.7 Å². The lowest BCUT2D eigenvalue weighted by Crippen LogP contribution is -2.36. The molecule has 0 aromatic carbocycles. The highest BCUT2D eigenvalue weighted by molar-refractivity contribution is 5.17. The number of nitrogens with zero attached hydrogens (tertiary/aromatic N) is 2. The van der Waals surface area contributed by atoms with Crippen molar-refractivity contribution in [1.82, 2.24) is 9.88 Å². The average molecular weight is 314 g/mol. The van der Waals surface area contributed by atoms with E-state index in [1.54, 1.807) is 6.26 Å². The summed E-state index contributed by atoms with van der Waals surface area (Å²) in [5.74, 6) is 0.670. The van der Waals surface area contributed by atoms with Crippen LogP contribution in [-0.4, -0.2) is 27.6 Å². The van der Waals surface area contributed by atoms with E-state index in [2.05, 4.69) is 22.9 Å². The minimum atomic E-state index is -0.527. The molecule has 4 nitrogen and oxygen atoms in total. The van der Waals surface area contributed by atoms with Crippen molar-refractivity contribution < 1.29 is 9.52 Å². The van der Waals surface area contributed by atoms with Crippen LogP contribution >= 0.6 is 0 Å². The Morgan fingerprint density at radius 1 is 1.30 bits per heavy atom. The second-order valence-electron chi connectivity index (χ2n) is 6.51. The van der Waals surface area contributed by atoms with Crippen LogP contribution in [0, 0.1) is 6.92 Å². The van der Waals surface area contributed by atoms with Crippen LogP contribution in [-0.2, 0) is 6.54 Å². The summed E-state index contributed by atoms with van der Waals surface area (Å²) in [6, 6.07) is 8.17. The second kappa shape index (κ2) is 7.75. The van der Waals surface area contributed by atoms with Gasteiger partial charge in [-0.25, -0.2) is 0 Å². The Balaban J connectivity index is 1.71. The van der Waals surface area contributed by atoms with Crippen molar-refractivity contribution in [2.24, 2.45) is 0 Å². The van der Waals surface area contributed by atoms with Gasteiger partial charge in [0.1, 0.15) is 11.9 Å². The molecule has 0 spiro atoms. The Bertz CT molecular complexity index is 597. The zero-order valence-electron chi connectivity index (χ0n) is 13.8. The lowest BCUT2D eigenvalue weighted by molar-refractivity contribution is 0.0824. The minimum absolute atomic E-state index is 0.374. The molecule has 3 heterocycles. The number of aryl methyl sites for hydroxylation is 1. The van der Waals surface area contributed by atoms with Gasteiger partial charge in [-0.15, -0.1) is 0 Å². The molecule has 3 rings (SSSR count). The van der Waals surface area contributed by atoms with Gasteiger partial charge in [0, 0.05) is 18.8 Å². The lowest BCUT2D eigenvalue weighted by Gasteiger charge is -2.31. The highest BCUT2D eigenvalue weighted by Crippen LogP contribution is 2.27. The monoisotopic (exact) mass is 314 g/mol. The topological polar surface area (TPSA) is 49.5 Å². The van der Waals surface area contributed by atoms with E-state index in [0.29, 0.717) is 11.8 Å². The molecule has 1 N–H and O–H groups in total. The van der Waals surface area contributed by atoms with Crippen LogP contribution < -0.4 is 0 Å². The largest absolute Gasteiger partial charge is 0.467 e. The molecule has 0 amide bonds. The molecular formula is C19H26N2O2. The minimum Gasteiger partial charge on any atom is -0.467 e. The normalized spacial score (nSPS) is 21.0. The first-order valence-corrected chi connectivity index (χ1v) is 8.60. The highest BCUT2D eigenvalue weighted by atomic mass is 16.4. The molecule has 1 fully saturated rings. The summed E-state index contributed by atoms with van der Waals surface area (Å²) in [6.45, 7) is 4.06. The molecule has 2 unspecified atom stereocenters. The summed E-state index contributed by atoms with van der Waals surface area (Å²) in [5, 5.41) is 10.5. The summed E-state index contributed by atoms with van der Waals surface area (Å²) in [7, 11) is 0. The van der Waals surface area contributed by atoms with Gasteiger partial charge in [-0.05, 0) is 56.5 Å². The Labute approximate surface area is 138 Å². The quantitative estimate of drug-likeness (QED) is 0.910. The maximum atomic E-state index is 10.5. The predicted octanol–water partition coefficient (Wildman–Crippen LogP) is 3.85. The number of pyridine rings is 1. The third-order valence-corrected chi connectivity index (χ3v) is 4.84. The van der Waals surface area contributed by atoms with Crippen molar-refractivity contribution in [3.63, 3.8) is 0 Å². The van der Waals surface area contributed by atoms with E-state index in [4.69, 9.17) is 4.42 Å². The molecule has 0 saturated carbocycles. The molecular weight excluding hydrogens is 288 g/mol. The molecule has 124 valence electrons. The first-order valence-electron chi connectivity index (χ1n) is 8.60. The molecule has 1 saturated heterocycles. The summed E-state index contributed by atoms with van der Waals surface area (Å²) in [6.07, 6.45) is 8.54. The molecule has 23 heavy (non-hydrogen) atoms. The maximum Gasteiger partial charge on any atom is 0.132 e. The number of likely N-dealkylation sites (tertiary alicyclic amines) is 1. The van der Waals surface area contributed by atoms with Crippen molar-refractivity contribution in [1.29, 1.82) is 0 Å². The summed E-state index contributed by atoms with van der Waals surface area (Å²) >= 11 is 0. The number of rotatable bonds is 5. The van der Waals surface area contributed by atoms with E-state index >= 15 is 0 Å². The second-order valence-corrected chi connectivity index (χ2v) is 6.51. The number of aromatic nitrogens is 1. The first-order chi connectivity index (χ1) is 11.2. The molecule has 1 aliphatic rings. The Morgan fingerprint density at radius 2 is 2.22 bits per heavy atom. The van der Waals surface area contributed by atoms with Gasteiger partial charge in [0.25, 0.3) is 0 Å². The summed E-state index contributed by atoms with van der Waals surface area (Å²) < 4.78 is 5.36. The van der Waals surface area contributed by atoms with Gasteiger partial charge in [-0.1, -0.05) is 18.9 Å². The van der Waals surface area contributed by atoms with Gasteiger partial charge in [-0.3, -0.25) is 9.88 Å². The van der Waals surface area contributed by atoms with Crippen LogP contribution in [0.5, 0.6) is 0 Å². The number of hydrogen-bond acceptors (Lipinski definition) is 4. The smallest absolute Gasteiger partial charge is 0.132 e. The fourth-order valence-corrected chi connectivity index (χ4v) is 3.44. The SMILES string of the molecule is Cc1cccnc1CN1CCCCCC1CC(O)c1ccco1. The number of furan rings is 1. The Kier molecular flexibility index (Phi) is 5.47. The van der Waals surface area contributed by atoms with Gasteiger partial charge in [-0.2, -0.15) is 0 Å². The molecule has 4 heteroatoms. The zero-order chi connectivity index (χ0) is 16.1. The van der Waals surface area contributed by atoms with E-state index in [-0.39, 0.29) is 0 Å².